The normalized spacial score (nSPS) is 24.4. The van der Waals surface area contributed by atoms with Gasteiger partial charge >= 0.3 is 6.09 Å². The molecule has 0 N–H and O–H groups in total. The molecule has 1 aromatic heterocycles. The fourth-order valence-electron chi connectivity index (χ4n) is 3.30. The Morgan fingerprint density at radius 1 is 1.43 bits per heavy atom. The number of methoxy groups -OCH3 is 1. The van der Waals surface area contributed by atoms with Gasteiger partial charge in [-0.15, -0.1) is 0 Å². The van der Waals surface area contributed by atoms with E-state index in [0.29, 0.717) is 31.0 Å². The maximum atomic E-state index is 12.8. The van der Waals surface area contributed by atoms with Crippen LogP contribution in [0.1, 0.15) is 34.7 Å². The summed E-state index contributed by atoms with van der Waals surface area (Å²) in [4.78, 5) is 27.7. The Morgan fingerprint density at radius 3 is 2.87 bits per heavy atom. The van der Waals surface area contributed by atoms with Gasteiger partial charge < -0.3 is 23.8 Å². The summed E-state index contributed by atoms with van der Waals surface area (Å²) in [5.41, 5.74) is 0.330. The third kappa shape index (κ3) is 2.78. The molecule has 1 atom stereocenters. The second-order valence-electron chi connectivity index (χ2n) is 6.24. The zero-order valence-corrected chi connectivity index (χ0v) is 13.6. The average Bonchev–Trinajstić information content (AvgIpc) is 3.00. The molecule has 0 unspecified atom stereocenters. The minimum atomic E-state index is -0.611. The number of likely N-dealkylation sites (N-methyl/N-ethyl adjacent to an activating group) is 1. The zero-order chi connectivity index (χ0) is 16.6. The third-order valence-corrected chi connectivity index (χ3v) is 4.44. The van der Waals surface area contributed by atoms with Crippen molar-refractivity contribution in [3.05, 3.63) is 17.0 Å². The lowest BCUT2D eigenvalue weighted by atomic mass is 9.92. The first-order chi connectivity index (χ1) is 11.0. The molecule has 3 rings (SSSR count). The molecule has 1 spiro atoms. The molecule has 2 fully saturated rings. The summed E-state index contributed by atoms with van der Waals surface area (Å²) in [6.45, 7) is 3.51. The fraction of sp³-hybridized carbons (Fsp3) is 0.667. The number of aromatic nitrogens is 1. The van der Waals surface area contributed by atoms with Crippen LogP contribution < -0.4 is 0 Å². The molecule has 0 radical (unpaired) electrons. The van der Waals surface area contributed by atoms with Gasteiger partial charge in [0.05, 0.1) is 25.3 Å². The van der Waals surface area contributed by atoms with Gasteiger partial charge in [-0.3, -0.25) is 4.79 Å². The summed E-state index contributed by atoms with van der Waals surface area (Å²) in [6, 6.07) is 0. The van der Waals surface area contributed by atoms with E-state index in [4.69, 9.17) is 14.0 Å². The Balaban J connectivity index is 1.79. The van der Waals surface area contributed by atoms with Crippen LogP contribution in [-0.4, -0.2) is 66.3 Å². The number of aryl methyl sites for hydroxylation is 1. The number of piperidine rings is 1. The van der Waals surface area contributed by atoms with E-state index in [2.05, 4.69) is 5.16 Å². The molecule has 0 aliphatic carbocycles. The summed E-state index contributed by atoms with van der Waals surface area (Å²) >= 11 is 0. The highest BCUT2D eigenvalue weighted by Gasteiger charge is 2.47. The SMILES string of the molecule is COCc1c(C(=O)N2CCC[C@@]3(CN(C)C(=O)O3)C2)noc1C. The largest absolute Gasteiger partial charge is 0.439 e. The van der Waals surface area contributed by atoms with Crippen LogP contribution in [-0.2, 0) is 16.1 Å². The van der Waals surface area contributed by atoms with Gasteiger partial charge in [0.25, 0.3) is 5.91 Å². The summed E-state index contributed by atoms with van der Waals surface area (Å²) in [6.07, 6.45) is 1.20. The molecular weight excluding hydrogens is 302 g/mol. The van der Waals surface area contributed by atoms with Gasteiger partial charge in [-0.05, 0) is 19.8 Å². The minimum absolute atomic E-state index is 0.210. The lowest BCUT2D eigenvalue weighted by Crippen LogP contribution is -2.52. The van der Waals surface area contributed by atoms with Crippen molar-refractivity contribution in [1.82, 2.24) is 15.0 Å². The molecule has 126 valence electrons. The quantitative estimate of drug-likeness (QED) is 0.830. The first-order valence-electron chi connectivity index (χ1n) is 7.63. The number of hydrogen-bond donors (Lipinski definition) is 0. The molecule has 0 saturated carbocycles. The molecule has 0 aromatic carbocycles. The Kier molecular flexibility index (Phi) is 4.01. The predicted octanol–water partition coefficient (Wildman–Crippen LogP) is 1.19. The van der Waals surface area contributed by atoms with Crippen molar-refractivity contribution in [2.24, 2.45) is 0 Å². The van der Waals surface area contributed by atoms with Crippen LogP contribution in [0.5, 0.6) is 0 Å². The standard InChI is InChI=1S/C15H21N3O5/c1-10-11(7-21-3)12(16-23-10)13(19)18-6-4-5-15(9-18)8-17(2)14(20)22-15/h4-9H2,1-3H3/t15-/m1/s1. The lowest BCUT2D eigenvalue weighted by molar-refractivity contribution is -0.00563. The summed E-state index contributed by atoms with van der Waals surface area (Å²) in [5.74, 6) is 0.368. The van der Waals surface area contributed by atoms with Crippen molar-refractivity contribution in [1.29, 1.82) is 0 Å². The number of amides is 2. The fourth-order valence-corrected chi connectivity index (χ4v) is 3.30. The van der Waals surface area contributed by atoms with E-state index in [0.717, 1.165) is 12.8 Å². The van der Waals surface area contributed by atoms with Gasteiger partial charge in [-0.1, -0.05) is 5.16 Å². The van der Waals surface area contributed by atoms with Crippen LogP contribution >= 0.6 is 0 Å². The predicted molar refractivity (Wildman–Crippen MR) is 78.9 cm³/mol. The molecule has 2 aliphatic rings. The Labute approximate surface area is 134 Å². The van der Waals surface area contributed by atoms with Gasteiger partial charge in [0.2, 0.25) is 0 Å². The van der Waals surface area contributed by atoms with Crippen LogP contribution in [0, 0.1) is 6.92 Å². The molecular formula is C15H21N3O5. The first kappa shape index (κ1) is 15.8. The van der Waals surface area contributed by atoms with Crippen LogP contribution in [0.2, 0.25) is 0 Å². The van der Waals surface area contributed by atoms with Crippen LogP contribution in [0.25, 0.3) is 0 Å². The van der Waals surface area contributed by atoms with Crippen LogP contribution in [0.4, 0.5) is 4.79 Å². The molecule has 0 bridgehead atoms. The van der Waals surface area contributed by atoms with Crippen molar-refractivity contribution in [3.8, 4) is 0 Å². The molecule has 23 heavy (non-hydrogen) atoms. The topological polar surface area (TPSA) is 85.1 Å². The van der Waals surface area contributed by atoms with Crippen molar-refractivity contribution in [2.45, 2.75) is 32.0 Å². The lowest BCUT2D eigenvalue weighted by Gasteiger charge is -2.38. The Hall–Kier alpha value is -2.09. The van der Waals surface area contributed by atoms with Gasteiger partial charge in [0.15, 0.2) is 5.69 Å². The van der Waals surface area contributed by atoms with E-state index >= 15 is 0 Å². The van der Waals surface area contributed by atoms with Gasteiger partial charge in [-0.2, -0.15) is 0 Å². The highest BCUT2D eigenvalue weighted by molar-refractivity contribution is 5.94. The van der Waals surface area contributed by atoms with Crippen LogP contribution in [0.3, 0.4) is 0 Å². The van der Waals surface area contributed by atoms with E-state index < -0.39 is 5.60 Å². The third-order valence-electron chi connectivity index (χ3n) is 4.44. The van der Waals surface area contributed by atoms with E-state index in [9.17, 15) is 9.59 Å². The molecule has 8 nitrogen and oxygen atoms in total. The highest BCUT2D eigenvalue weighted by Crippen LogP contribution is 2.32. The van der Waals surface area contributed by atoms with E-state index in [1.807, 2.05) is 0 Å². The summed E-state index contributed by atoms with van der Waals surface area (Å²) in [7, 11) is 3.26. The maximum absolute atomic E-state index is 12.8. The second-order valence-corrected chi connectivity index (χ2v) is 6.24. The molecule has 8 heteroatoms. The number of rotatable bonds is 3. The smallest absolute Gasteiger partial charge is 0.410 e. The molecule has 1 aromatic rings. The number of carbonyl (C=O) groups is 2. The molecule has 3 heterocycles. The number of ether oxygens (including phenoxy) is 2. The Bertz CT molecular complexity index is 629. The van der Waals surface area contributed by atoms with Crippen LogP contribution in [0.15, 0.2) is 4.52 Å². The van der Waals surface area contributed by atoms with Gasteiger partial charge in [0.1, 0.15) is 11.4 Å². The first-order valence-corrected chi connectivity index (χ1v) is 7.63. The van der Waals surface area contributed by atoms with Gasteiger partial charge in [0, 0.05) is 20.7 Å². The maximum Gasteiger partial charge on any atom is 0.410 e. The van der Waals surface area contributed by atoms with Gasteiger partial charge in [-0.25, -0.2) is 4.79 Å². The van der Waals surface area contributed by atoms with E-state index in [1.165, 1.54) is 0 Å². The molecule has 2 aliphatic heterocycles. The molecule has 2 saturated heterocycles. The zero-order valence-electron chi connectivity index (χ0n) is 13.6. The number of likely N-dealkylation sites (tertiary alicyclic amines) is 1. The van der Waals surface area contributed by atoms with Crippen molar-refractivity contribution < 1.29 is 23.6 Å². The van der Waals surface area contributed by atoms with Crippen molar-refractivity contribution in [2.75, 3.05) is 33.8 Å². The minimum Gasteiger partial charge on any atom is -0.439 e. The van der Waals surface area contributed by atoms with Crippen molar-refractivity contribution in [3.63, 3.8) is 0 Å². The monoisotopic (exact) mass is 323 g/mol. The van der Waals surface area contributed by atoms with E-state index in [1.54, 1.807) is 30.9 Å². The Morgan fingerprint density at radius 2 is 2.22 bits per heavy atom. The van der Waals surface area contributed by atoms with Crippen molar-refractivity contribution >= 4 is 12.0 Å². The number of carbonyl (C=O) groups excluding carboxylic acids is 2. The number of hydrogen-bond acceptors (Lipinski definition) is 6. The molecule has 2 amide bonds. The second kappa shape index (κ2) is 5.84. The van der Waals surface area contributed by atoms with E-state index in [-0.39, 0.29) is 24.3 Å². The summed E-state index contributed by atoms with van der Waals surface area (Å²) < 4.78 is 15.8. The highest BCUT2D eigenvalue weighted by atomic mass is 16.6. The number of nitrogens with zero attached hydrogens (tertiary/aromatic N) is 3. The average molecular weight is 323 g/mol. The summed E-state index contributed by atoms with van der Waals surface area (Å²) in [5, 5.41) is 3.89.